The molecule has 0 spiro atoms. The minimum absolute atomic E-state index is 0.0805. The Labute approximate surface area is 149 Å². The number of aryl methyl sites for hydroxylation is 1. The summed E-state index contributed by atoms with van der Waals surface area (Å²) >= 11 is 3.05. The van der Waals surface area contributed by atoms with Crippen LogP contribution in [0.15, 0.2) is 47.8 Å². The smallest absolute Gasteiger partial charge is 0.310 e. The molecule has 24 heavy (non-hydrogen) atoms. The van der Waals surface area contributed by atoms with Gasteiger partial charge in [0.1, 0.15) is 21.9 Å². The Morgan fingerprint density at radius 1 is 1.21 bits per heavy atom. The molecule has 0 aliphatic heterocycles. The van der Waals surface area contributed by atoms with Crippen molar-refractivity contribution in [1.82, 2.24) is 9.97 Å². The van der Waals surface area contributed by atoms with Crippen molar-refractivity contribution in [2.75, 3.05) is 11.5 Å². The molecule has 0 aliphatic rings. The molecule has 0 saturated carbocycles. The number of hydrogen-bond donors (Lipinski definition) is 0. The molecule has 0 atom stereocenters. The Kier molecular flexibility index (Phi) is 5.37. The van der Waals surface area contributed by atoms with E-state index < -0.39 is 10.1 Å². The standard InChI is InChI=1S/C16H16N2O3S3/c1-2-13-10-14-15(17-11-18-16(14)23-13)22-8-9-24(19,20)21-12-6-4-3-5-7-12/h3-7,10-11H,2,8-9H2,1H3. The minimum atomic E-state index is -3.62. The third kappa shape index (κ3) is 4.25. The van der Waals surface area contributed by atoms with Gasteiger partial charge in [0.2, 0.25) is 0 Å². The van der Waals surface area contributed by atoms with E-state index in [2.05, 4.69) is 23.0 Å². The van der Waals surface area contributed by atoms with Crippen LogP contribution in [0.25, 0.3) is 10.2 Å². The van der Waals surface area contributed by atoms with E-state index in [1.807, 2.05) is 0 Å². The van der Waals surface area contributed by atoms with Crippen LogP contribution >= 0.6 is 23.1 Å². The van der Waals surface area contributed by atoms with Crippen LogP contribution in [-0.2, 0) is 16.5 Å². The summed E-state index contributed by atoms with van der Waals surface area (Å²) in [4.78, 5) is 10.7. The number of benzene rings is 1. The van der Waals surface area contributed by atoms with Crippen molar-refractivity contribution in [1.29, 1.82) is 0 Å². The average molecular weight is 381 g/mol. The Morgan fingerprint density at radius 3 is 2.75 bits per heavy atom. The fraction of sp³-hybridized carbons (Fsp3) is 0.250. The summed E-state index contributed by atoms with van der Waals surface area (Å²) in [6.45, 7) is 2.10. The van der Waals surface area contributed by atoms with Gasteiger partial charge in [-0.05, 0) is 24.6 Å². The quantitative estimate of drug-likeness (QED) is 0.353. The number of hydrogen-bond acceptors (Lipinski definition) is 7. The molecule has 0 N–H and O–H groups in total. The monoisotopic (exact) mass is 380 g/mol. The van der Waals surface area contributed by atoms with Crippen molar-refractivity contribution in [3.63, 3.8) is 0 Å². The molecule has 0 aliphatic carbocycles. The van der Waals surface area contributed by atoms with Crippen LogP contribution in [0, 0.1) is 0 Å². The third-order valence-corrected chi connectivity index (χ3v) is 6.83. The summed E-state index contributed by atoms with van der Waals surface area (Å²) in [5, 5.41) is 1.80. The predicted molar refractivity (Wildman–Crippen MR) is 98.4 cm³/mol. The van der Waals surface area contributed by atoms with Crippen LogP contribution in [0.3, 0.4) is 0 Å². The Bertz CT molecular complexity index is 924. The number of thiophene rings is 1. The second-order valence-electron chi connectivity index (χ2n) is 4.97. The van der Waals surface area contributed by atoms with Crippen LogP contribution in [0.2, 0.25) is 0 Å². The first-order valence-corrected chi connectivity index (χ1v) is 10.8. The van der Waals surface area contributed by atoms with Gasteiger partial charge >= 0.3 is 10.1 Å². The molecule has 0 amide bonds. The Hall–Kier alpha value is -1.64. The zero-order valence-electron chi connectivity index (χ0n) is 13.0. The highest BCUT2D eigenvalue weighted by molar-refractivity contribution is 8.00. The number of rotatable bonds is 7. The third-order valence-electron chi connectivity index (χ3n) is 3.23. The highest BCUT2D eigenvalue weighted by Gasteiger charge is 2.14. The minimum Gasteiger partial charge on any atom is -0.382 e. The maximum Gasteiger partial charge on any atom is 0.310 e. The zero-order valence-corrected chi connectivity index (χ0v) is 15.5. The van der Waals surface area contributed by atoms with Gasteiger partial charge in [0.15, 0.2) is 0 Å². The molecule has 126 valence electrons. The second-order valence-corrected chi connectivity index (χ2v) is 8.86. The molecule has 2 heterocycles. The molecule has 0 bridgehead atoms. The lowest BCUT2D eigenvalue weighted by Crippen LogP contribution is -2.15. The van der Waals surface area contributed by atoms with E-state index in [-0.39, 0.29) is 5.75 Å². The summed E-state index contributed by atoms with van der Waals surface area (Å²) in [5.41, 5.74) is 0. The van der Waals surface area contributed by atoms with Gasteiger partial charge in [-0.3, -0.25) is 0 Å². The molecule has 8 heteroatoms. The van der Waals surface area contributed by atoms with Gasteiger partial charge < -0.3 is 4.18 Å². The number of aromatic nitrogens is 2. The van der Waals surface area contributed by atoms with Crippen molar-refractivity contribution in [3.05, 3.63) is 47.6 Å². The normalized spacial score (nSPS) is 11.7. The first-order valence-electron chi connectivity index (χ1n) is 7.41. The van der Waals surface area contributed by atoms with Crippen molar-refractivity contribution >= 4 is 43.4 Å². The lowest BCUT2D eigenvalue weighted by molar-refractivity contribution is 0.488. The fourth-order valence-corrected chi connectivity index (χ4v) is 5.34. The predicted octanol–water partition coefficient (Wildman–Crippen LogP) is 3.75. The van der Waals surface area contributed by atoms with Crippen molar-refractivity contribution in [2.45, 2.75) is 18.4 Å². The van der Waals surface area contributed by atoms with E-state index >= 15 is 0 Å². The molecule has 0 radical (unpaired) electrons. The van der Waals surface area contributed by atoms with E-state index in [9.17, 15) is 8.42 Å². The van der Waals surface area contributed by atoms with Gasteiger partial charge in [0, 0.05) is 16.0 Å². The van der Waals surface area contributed by atoms with E-state index in [1.165, 1.54) is 23.0 Å². The van der Waals surface area contributed by atoms with Gasteiger partial charge in [0.05, 0.1) is 5.75 Å². The van der Waals surface area contributed by atoms with Gasteiger partial charge in [-0.15, -0.1) is 23.1 Å². The summed E-state index contributed by atoms with van der Waals surface area (Å²) in [5.74, 6) is 0.624. The molecule has 0 fully saturated rings. The van der Waals surface area contributed by atoms with Crippen molar-refractivity contribution < 1.29 is 12.6 Å². The highest BCUT2D eigenvalue weighted by Crippen LogP contribution is 2.31. The molecule has 5 nitrogen and oxygen atoms in total. The Morgan fingerprint density at radius 2 is 2.00 bits per heavy atom. The van der Waals surface area contributed by atoms with Gasteiger partial charge in [-0.25, -0.2) is 9.97 Å². The van der Waals surface area contributed by atoms with Crippen LogP contribution in [0.1, 0.15) is 11.8 Å². The van der Waals surface area contributed by atoms with E-state index in [4.69, 9.17) is 4.18 Å². The largest absolute Gasteiger partial charge is 0.382 e. The molecule has 3 rings (SSSR count). The fourth-order valence-electron chi connectivity index (χ4n) is 2.08. The van der Waals surface area contributed by atoms with Gasteiger partial charge in [0.25, 0.3) is 0 Å². The number of fused-ring (bicyclic) bond motifs is 1. The van der Waals surface area contributed by atoms with E-state index in [1.54, 1.807) is 41.7 Å². The lowest BCUT2D eigenvalue weighted by atomic mass is 10.3. The molecule has 0 unspecified atom stereocenters. The Balaban J connectivity index is 1.65. The van der Waals surface area contributed by atoms with Crippen LogP contribution < -0.4 is 4.18 Å². The SMILES string of the molecule is CCc1cc2c(SCCS(=O)(=O)Oc3ccccc3)ncnc2s1. The van der Waals surface area contributed by atoms with E-state index in [0.29, 0.717) is 11.5 Å². The van der Waals surface area contributed by atoms with Crippen LogP contribution in [0.5, 0.6) is 5.75 Å². The van der Waals surface area contributed by atoms with Crippen molar-refractivity contribution in [2.24, 2.45) is 0 Å². The van der Waals surface area contributed by atoms with Crippen LogP contribution in [-0.4, -0.2) is 29.9 Å². The van der Waals surface area contributed by atoms with Gasteiger partial charge in [-0.1, -0.05) is 25.1 Å². The number of nitrogens with zero attached hydrogens (tertiary/aromatic N) is 2. The molecule has 0 saturated heterocycles. The van der Waals surface area contributed by atoms with Gasteiger partial charge in [-0.2, -0.15) is 8.42 Å². The molecule has 2 aromatic heterocycles. The summed E-state index contributed by atoms with van der Waals surface area (Å²) in [6, 6.07) is 10.6. The first kappa shape index (κ1) is 17.2. The topological polar surface area (TPSA) is 69.2 Å². The summed E-state index contributed by atoms with van der Waals surface area (Å²) < 4.78 is 29.2. The number of thioether (sulfide) groups is 1. The molecular weight excluding hydrogens is 364 g/mol. The molecular formula is C16H16N2O3S3. The summed E-state index contributed by atoms with van der Waals surface area (Å²) in [6.07, 6.45) is 2.47. The van der Waals surface area contributed by atoms with E-state index in [0.717, 1.165) is 21.7 Å². The highest BCUT2D eigenvalue weighted by atomic mass is 32.2. The summed E-state index contributed by atoms with van der Waals surface area (Å²) in [7, 11) is -3.62. The lowest BCUT2D eigenvalue weighted by Gasteiger charge is -2.06. The average Bonchev–Trinajstić information content (AvgIpc) is 2.99. The maximum absolute atomic E-state index is 12.0. The van der Waals surface area contributed by atoms with Crippen molar-refractivity contribution in [3.8, 4) is 5.75 Å². The second kappa shape index (κ2) is 7.50. The first-order chi connectivity index (χ1) is 11.6. The zero-order chi connectivity index (χ0) is 17.0. The maximum atomic E-state index is 12.0. The molecule has 3 aromatic rings. The number of para-hydroxylation sites is 1. The molecule has 1 aromatic carbocycles. The van der Waals surface area contributed by atoms with Crippen LogP contribution in [0.4, 0.5) is 0 Å².